The Morgan fingerprint density at radius 3 is 2.56 bits per heavy atom. The van der Waals surface area contributed by atoms with Crippen molar-refractivity contribution in [3.8, 4) is 17.1 Å². The average molecular weight is 355 g/mol. The number of rotatable bonds is 6. The van der Waals surface area contributed by atoms with Gasteiger partial charge in [0.05, 0.1) is 5.69 Å². The van der Waals surface area contributed by atoms with Crippen LogP contribution in [0.2, 0.25) is 0 Å². The second-order valence-electron chi connectivity index (χ2n) is 6.47. The molecule has 0 radical (unpaired) electrons. The molecule has 0 fully saturated rings. The Bertz CT molecular complexity index is 1010. The number of aryl methyl sites for hydroxylation is 1. The van der Waals surface area contributed by atoms with E-state index in [9.17, 15) is 0 Å². The lowest BCUT2D eigenvalue weighted by atomic mass is 10.1. The fourth-order valence-corrected chi connectivity index (χ4v) is 3.02. The molecule has 2 aromatic carbocycles. The number of nitrogens with zero attached hydrogens (tertiary/aromatic N) is 4. The second-order valence-corrected chi connectivity index (χ2v) is 6.47. The normalized spacial score (nSPS) is 10.9. The molecule has 2 heterocycles. The summed E-state index contributed by atoms with van der Waals surface area (Å²) in [7, 11) is 0. The van der Waals surface area contributed by atoms with Crippen molar-refractivity contribution in [3.63, 3.8) is 0 Å². The van der Waals surface area contributed by atoms with Gasteiger partial charge in [-0.25, -0.2) is 14.6 Å². The molecule has 5 heteroatoms. The Morgan fingerprint density at radius 1 is 0.926 bits per heavy atom. The van der Waals surface area contributed by atoms with Gasteiger partial charge in [-0.05, 0) is 30.7 Å². The first-order valence-electron chi connectivity index (χ1n) is 8.96. The van der Waals surface area contributed by atoms with Gasteiger partial charge < -0.3 is 5.32 Å². The Balaban J connectivity index is 1.40. The van der Waals surface area contributed by atoms with Crippen LogP contribution in [0.15, 0.2) is 79.4 Å². The fourth-order valence-electron chi connectivity index (χ4n) is 3.02. The molecule has 5 nitrogen and oxygen atoms in total. The topological polar surface area (TPSA) is 55.6 Å². The van der Waals surface area contributed by atoms with Crippen LogP contribution in [0.5, 0.6) is 0 Å². The largest absolute Gasteiger partial charge is 0.308 e. The van der Waals surface area contributed by atoms with Crippen LogP contribution in [-0.2, 0) is 13.1 Å². The molecule has 0 saturated carbocycles. The van der Waals surface area contributed by atoms with Gasteiger partial charge in [0.1, 0.15) is 0 Å². The highest BCUT2D eigenvalue weighted by Gasteiger charge is 2.05. The number of hydrogen-bond acceptors (Lipinski definition) is 4. The Kier molecular flexibility index (Phi) is 5.03. The van der Waals surface area contributed by atoms with E-state index in [0.29, 0.717) is 6.54 Å². The molecule has 0 bridgehead atoms. The summed E-state index contributed by atoms with van der Waals surface area (Å²) in [6.45, 7) is 3.53. The Morgan fingerprint density at radius 2 is 1.78 bits per heavy atom. The lowest BCUT2D eigenvalue weighted by molar-refractivity contribution is 0.682. The van der Waals surface area contributed by atoms with Crippen LogP contribution in [0.4, 0.5) is 0 Å². The average Bonchev–Trinajstić information content (AvgIpc) is 3.24. The van der Waals surface area contributed by atoms with Gasteiger partial charge in [0, 0.05) is 49.0 Å². The van der Waals surface area contributed by atoms with E-state index in [0.717, 1.165) is 29.2 Å². The zero-order valence-corrected chi connectivity index (χ0v) is 15.2. The molecular weight excluding hydrogens is 334 g/mol. The van der Waals surface area contributed by atoms with Crippen LogP contribution in [-0.4, -0.2) is 19.7 Å². The van der Waals surface area contributed by atoms with Crippen molar-refractivity contribution in [3.05, 3.63) is 96.1 Å². The molecule has 0 amide bonds. The van der Waals surface area contributed by atoms with E-state index in [4.69, 9.17) is 0 Å². The van der Waals surface area contributed by atoms with Gasteiger partial charge in [-0.15, -0.1) is 0 Å². The van der Waals surface area contributed by atoms with Crippen LogP contribution in [0.25, 0.3) is 17.1 Å². The van der Waals surface area contributed by atoms with Gasteiger partial charge in [-0.3, -0.25) is 0 Å². The Hall–Kier alpha value is -3.31. The summed E-state index contributed by atoms with van der Waals surface area (Å²) in [5.41, 5.74) is 5.59. The fraction of sp³-hybridized carbons (Fsp3) is 0.136. The molecule has 4 rings (SSSR count). The van der Waals surface area contributed by atoms with Crippen LogP contribution in [0.1, 0.15) is 16.7 Å². The van der Waals surface area contributed by atoms with E-state index in [1.54, 1.807) is 6.20 Å². The molecule has 2 aromatic heterocycles. The summed E-state index contributed by atoms with van der Waals surface area (Å²) >= 11 is 0. The molecule has 0 saturated heterocycles. The third-order valence-corrected chi connectivity index (χ3v) is 4.37. The summed E-state index contributed by atoms with van der Waals surface area (Å²) in [5.74, 6) is 0.756. The van der Waals surface area contributed by atoms with Crippen LogP contribution in [0, 0.1) is 6.92 Å². The third-order valence-electron chi connectivity index (χ3n) is 4.37. The molecule has 0 aliphatic carbocycles. The monoisotopic (exact) mass is 355 g/mol. The lowest BCUT2D eigenvalue weighted by Crippen LogP contribution is -2.15. The summed E-state index contributed by atoms with van der Waals surface area (Å²) in [5, 5.41) is 7.79. The zero-order valence-electron chi connectivity index (χ0n) is 15.2. The smallest absolute Gasteiger partial charge is 0.159 e. The SMILES string of the molecule is Cc1cccc(-c2ncc(CNCc3ccccc3-n3cccn3)cn2)c1. The van der Waals surface area contributed by atoms with Crippen molar-refractivity contribution in [1.29, 1.82) is 0 Å². The number of benzene rings is 2. The molecule has 134 valence electrons. The van der Waals surface area contributed by atoms with Crippen molar-refractivity contribution >= 4 is 0 Å². The first-order valence-corrected chi connectivity index (χ1v) is 8.96. The highest BCUT2D eigenvalue weighted by Crippen LogP contribution is 2.16. The molecule has 0 aliphatic heterocycles. The molecule has 27 heavy (non-hydrogen) atoms. The molecule has 0 unspecified atom stereocenters. The number of aromatic nitrogens is 4. The quantitative estimate of drug-likeness (QED) is 0.569. The van der Waals surface area contributed by atoms with Gasteiger partial charge in [0.15, 0.2) is 5.82 Å². The number of nitrogens with one attached hydrogen (secondary N) is 1. The van der Waals surface area contributed by atoms with Crippen molar-refractivity contribution in [1.82, 2.24) is 25.1 Å². The third kappa shape index (κ3) is 4.10. The second kappa shape index (κ2) is 7.93. The van der Waals surface area contributed by atoms with E-state index in [2.05, 4.69) is 51.6 Å². The first-order chi connectivity index (χ1) is 13.3. The van der Waals surface area contributed by atoms with Crippen molar-refractivity contribution in [2.75, 3.05) is 0 Å². The molecule has 0 atom stereocenters. The Labute approximate surface area is 158 Å². The van der Waals surface area contributed by atoms with Crippen LogP contribution < -0.4 is 5.32 Å². The summed E-state index contributed by atoms with van der Waals surface area (Å²) in [6, 6.07) is 18.4. The van der Waals surface area contributed by atoms with Gasteiger partial charge in [-0.1, -0.05) is 42.0 Å². The molecule has 0 spiro atoms. The van der Waals surface area contributed by atoms with E-state index in [1.807, 2.05) is 53.6 Å². The van der Waals surface area contributed by atoms with E-state index >= 15 is 0 Å². The van der Waals surface area contributed by atoms with Gasteiger partial charge in [0.25, 0.3) is 0 Å². The summed E-state index contributed by atoms with van der Waals surface area (Å²) < 4.78 is 1.89. The van der Waals surface area contributed by atoms with Gasteiger partial charge in [-0.2, -0.15) is 5.10 Å². The number of hydrogen-bond donors (Lipinski definition) is 1. The highest BCUT2D eigenvalue weighted by atomic mass is 15.3. The molecule has 4 aromatic rings. The minimum Gasteiger partial charge on any atom is -0.308 e. The summed E-state index contributed by atoms with van der Waals surface area (Å²) in [6.07, 6.45) is 7.52. The predicted molar refractivity (Wildman–Crippen MR) is 106 cm³/mol. The standard InChI is InChI=1S/C22H21N5/c1-17-6-4-8-19(12-17)22-24-14-18(15-25-22)13-23-16-20-7-2-3-9-21(20)27-11-5-10-26-27/h2-12,14-15,23H,13,16H2,1H3. The molecular formula is C22H21N5. The number of para-hydroxylation sites is 1. The van der Waals surface area contributed by atoms with Crippen molar-refractivity contribution < 1.29 is 0 Å². The molecule has 0 aliphatic rings. The minimum absolute atomic E-state index is 0.710. The van der Waals surface area contributed by atoms with E-state index in [1.165, 1.54) is 11.1 Å². The maximum absolute atomic E-state index is 4.51. The minimum atomic E-state index is 0.710. The van der Waals surface area contributed by atoms with E-state index in [-0.39, 0.29) is 0 Å². The zero-order chi connectivity index (χ0) is 18.5. The lowest BCUT2D eigenvalue weighted by Gasteiger charge is -2.11. The first kappa shape index (κ1) is 17.1. The predicted octanol–water partition coefficient (Wildman–Crippen LogP) is 3.93. The van der Waals surface area contributed by atoms with E-state index < -0.39 is 0 Å². The van der Waals surface area contributed by atoms with Gasteiger partial charge >= 0.3 is 0 Å². The highest BCUT2D eigenvalue weighted by molar-refractivity contribution is 5.55. The molecule has 1 N–H and O–H groups in total. The van der Waals surface area contributed by atoms with Gasteiger partial charge in [0.2, 0.25) is 0 Å². The van der Waals surface area contributed by atoms with Crippen molar-refractivity contribution in [2.45, 2.75) is 20.0 Å². The summed E-state index contributed by atoms with van der Waals surface area (Å²) in [4.78, 5) is 9.02. The maximum Gasteiger partial charge on any atom is 0.159 e. The van der Waals surface area contributed by atoms with Crippen molar-refractivity contribution in [2.24, 2.45) is 0 Å². The van der Waals surface area contributed by atoms with Crippen LogP contribution in [0.3, 0.4) is 0 Å². The van der Waals surface area contributed by atoms with Crippen LogP contribution >= 0.6 is 0 Å². The maximum atomic E-state index is 4.51.